The molecular weight excluding hydrogens is 250 g/mol. The summed E-state index contributed by atoms with van der Waals surface area (Å²) >= 11 is 0. The summed E-state index contributed by atoms with van der Waals surface area (Å²) in [7, 11) is 0. The lowest BCUT2D eigenvalue weighted by Gasteiger charge is -2.34. The maximum Gasteiger partial charge on any atom is 0.225 e. The molecule has 0 spiro atoms. The highest BCUT2D eigenvalue weighted by Gasteiger charge is 2.19. The van der Waals surface area contributed by atoms with E-state index in [4.69, 9.17) is 0 Å². The molecule has 0 bridgehead atoms. The third-order valence-electron chi connectivity index (χ3n) is 4.46. The maximum absolute atomic E-state index is 4.33. The number of hydrogen-bond donors (Lipinski definition) is 1. The first-order chi connectivity index (χ1) is 9.92. The third-order valence-corrected chi connectivity index (χ3v) is 4.46. The number of aromatic nitrogens is 2. The summed E-state index contributed by atoms with van der Waals surface area (Å²) < 4.78 is 0. The van der Waals surface area contributed by atoms with Crippen molar-refractivity contribution in [2.24, 2.45) is 5.92 Å². The lowest BCUT2D eigenvalue weighted by molar-refractivity contribution is 0.246. The molecule has 1 N–H and O–H groups in total. The van der Waals surface area contributed by atoms with Gasteiger partial charge in [0.25, 0.3) is 0 Å². The monoisotopic (exact) mass is 275 g/mol. The lowest BCUT2D eigenvalue weighted by atomic mass is 10.0. The molecule has 3 rings (SSSR count). The first kappa shape index (κ1) is 13.8. The average Bonchev–Trinajstić information content (AvgIpc) is 3.02. The number of nitrogens with zero attached hydrogens (tertiary/aromatic N) is 4. The van der Waals surface area contributed by atoms with Gasteiger partial charge in [0.05, 0.1) is 0 Å². The van der Waals surface area contributed by atoms with Crippen LogP contribution < -0.4 is 10.2 Å². The standard InChI is InChI=1S/C15H25N5/c1(3-14-4-7-16-13-14)8-19-9-11-20(12-10-19)15-17-5-2-6-18-15/h2,5-6,14,16H,1,3-4,7-13H2. The Bertz CT molecular complexity index is 383. The summed E-state index contributed by atoms with van der Waals surface area (Å²) in [4.78, 5) is 13.5. The predicted octanol–water partition coefficient (Wildman–Crippen LogP) is 0.988. The molecule has 0 saturated carbocycles. The van der Waals surface area contributed by atoms with Gasteiger partial charge in [-0.25, -0.2) is 9.97 Å². The summed E-state index contributed by atoms with van der Waals surface area (Å²) in [6, 6.07) is 1.87. The molecule has 0 amide bonds. The number of rotatable bonds is 5. The second kappa shape index (κ2) is 6.99. The first-order valence-electron chi connectivity index (χ1n) is 7.87. The minimum absolute atomic E-state index is 0.879. The Labute approximate surface area is 121 Å². The second-order valence-corrected chi connectivity index (χ2v) is 5.88. The van der Waals surface area contributed by atoms with Gasteiger partial charge < -0.3 is 10.2 Å². The fraction of sp³-hybridized carbons (Fsp3) is 0.733. The van der Waals surface area contributed by atoms with Crippen LogP contribution in [0.4, 0.5) is 5.95 Å². The SMILES string of the molecule is c1cnc(N2CCN(CCCC3CCNC3)CC2)nc1. The summed E-state index contributed by atoms with van der Waals surface area (Å²) in [6.07, 6.45) is 7.75. The van der Waals surface area contributed by atoms with Gasteiger partial charge in [-0.15, -0.1) is 0 Å². The molecule has 5 heteroatoms. The molecule has 0 aliphatic carbocycles. The van der Waals surface area contributed by atoms with Crippen molar-refractivity contribution in [3.63, 3.8) is 0 Å². The van der Waals surface area contributed by atoms with Crippen LogP contribution >= 0.6 is 0 Å². The summed E-state index contributed by atoms with van der Waals surface area (Å²) in [6.45, 7) is 8.09. The zero-order valence-electron chi connectivity index (χ0n) is 12.2. The Kier molecular flexibility index (Phi) is 4.82. The molecule has 0 radical (unpaired) electrons. The van der Waals surface area contributed by atoms with Gasteiger partial charge in [-0.05, 0) is 50.9 Å². The van der Waals surface area contributed by atoms with Crippen LogP contribution in [0.25, 0.3) is 0 Å². The van der Waals surface area contributed by atoms with E-state index in [0.717, 1.165) is 38.0 Å². The first-order valence-corrected chi connectivity index (χ1v) is 7.87. The molecule has 1 unspecified atom stereocenters. The molecule has 2 saturated heterocycles. The van der Waals surface area contributed by atoms with Crippen LogP contribution in [-0.4, -0.2) is 60.7 Å². The van der Waals surface area contributed by atoms with Crippen molar-refractivity contribution in [2.75, 3.05) is 50.7 Å². The van der Waals surface area contributed by atoms with Crippen LogP contribution in [0.5, 0.6) is 0 Å². The van der Waals surface area contributed by atoms with E-state index < -0.39 is 0 Å². The fourth-order valence-electron chi connectivity index (χ4n) is 3.19. The number of hydrogen-bond acceptors (Lipinski definition) is 5. The molecule has 0 aromatic carbocycles. The Balaban J connectivity index is 1.36. The smallest absolute Gasteiger partial charge is 0.225 e. The summed E-state index contributed by atoms with van der Waals surface area (Å²) in [5, 5.41) is 3.45. The highest BCUT2D eigenvalue weighted by Crippen LogP contribution is 2.15. The highest BCUT2D eigenvalue weighted by atomic mass is 15.3. The zero-order valence-corrected chi connectivity index (χ0v) is 12.2. The number of piperazine rings is 1. The Hall–Kier alpha value is -1.20. The van der Waals surface area contributed by atoms with E-state index in [1.165, 1.54) is 38.9 Å². The van der Waals surface area contributed by atoms with E-state index in [-0.39, 0.29) is 0 Å². The molecule has 1 atom stereocenters. The van der Waals surface area contributed by atoms with E-state index in [9.17, 15) is 0 Å². The van der Waals surface area contributed by atoms with Gasteiger partial charge in [0.15, 0.2) is 0 Å². The zero-order chi connectivity index (χ0) is 13.6. The van der Waals surface area contributed by atoms with E-state index in [0.29, 0.717) is 0 Å². The van der Waals surface area contributed by atoms with Crippen molar-refractivity contribution in [3.8, 4) is 0 Å². The van der Waals surface area contributed by atoms with Crippen molar-refractivity contribution in [2.45, 2.75) is 19.3 Å². The number of nitrogens with one attached hydrogen (secondary N) is 1. The van der Waals surface area contributed by atoms with Crippen LogP contribution in [0.1, 0.15) is 19.3 Å². The van der Waals surface area contributed by atoms with Crippen molar-refractivity contribution in [3.05, 3.63) is 18.5 Å². The molecule has 3 heterocycles. The molecule has 2 aliphatic rings. The van der Waals surface area contributed by atoms with Crippen LogP contribution in [0.15, 0.2) is 18.5 Å². The average molecular weight is 275 g/mol. The fourth-order valence-corrected chi connectivity index (χ4v) is 3.19. The van der Waals surface area contributed by atoms with Gasteiger partial charge in [-0.1, -0.05) is 0 Å². The minimum atomic E-state index is 0.879. The minimum Gasteiger partial charge on any atom is -0.338 e. The van der Waals surface area contributed by atoms with Gasteiger partial charge in [-0.3, -0.25) is 4.90 Å². The topological polar surface area (TPSA) is 44.3 Å². The van der Waals surface area contributed by atoms with Crippen LogP contribution in [0.3, 0.4) is 0 Å². The maximum atomic E-state index is 4.33. The van der Waals surface area contributed by atoms with E-state index >= 15 is 0 Å². The van der Waals surface area contributed by atoms with E-state index in [1.807, 2.05) is 18.5 Å². The molecule has 1 aromatic heterocycles. The molecule has 110 valence electrons. The predicted molar refractivity (Wildman–Crippen MR) is 80.9 cm³/mol. The largest absolute Gasteiger partial charge is 0.338 e. The molecular formula is C15H25N5. The van der Waals surface area contributed by atoms with Crippen molar-refractivity contribution >= 4 is 5.95 Å². The Morgan fingerprint density at radius 2 is 1.95 bits per heavy atom. The van der Waals surface area contributed by atoms with Crippen LogP contribution in [0, 0.1) is 5.92 Å². The molecule has 20 heavy (non-hydrogen) atoms. The van der Waals surface area contributed by atoms with Crippen molar-refractivity contribution in [1.29, 1.82) is 0 Å². The van der Waals surface area contributed by atoms with Crippen LogP contribution in [0.2, 0.25) is 0 Å². The lowest BCUT2D eigenvalue weighted by Crippen LogP contribution is -2.47. The third kappa shape index (κ3) is 3.67. The quantitative estimate of drug-likeness (QED) is 0.868. The summed E-state index contributed by atoms with van der Waals surface area (Å²) in [5.74, 6) is 1.80. The molecule has 2 aliphatic heterocycles. The van der Waals surface area contributed by atoms with E-state index in [2.05, 4.69) is 25.1 Å². The second-order valence-electron chi connectivity index (χ2n) is 5.88. The molecule has 5 nitrogen and oxygen atoms in total. The van der Waals surface area contributed by atoms with Gasteiger partial charge in [0.1, 0.15) is 0 Å². The normalized spacial score (nSPS) is 24.2. The van der Waals surface area contributed by atoms with Gasteiger partial charge in [0.2, 0.25) is 5.95 Å². The van der Waals surface area contributed by atoms with Crippen LogP contribution in [-0.2, 0) is 0 Å². The van der Waals surface area contributed by atoms with Gasteiger partial charge >= 0.3 is 0 Å². The summed E-state index contributed by atoms with van der Waals surface area (Å²) in [5.41, 5.74) is 0. The molecule has 2 fully saturated rings. The van der Waals surface area contributed by atoms with Crippen molar-refractivity contribution in [1.82, 2.24) is 20.2 Å². The van der Waals surface area contributed by atoms with E-state index in [1.54, 1.807) is 0 Å². The number of anilines is 1. The Morgan fingerprint density at radius 3 is 2.65 bits per heavy atom. The highest BCUT2D eigenvalue weighted by molar-refractivity contribution is 5.29. The van der Waals surface area contributed by atoms with Crippen molar-refractivity contribution < 1.29 is 0 Å². The van der Waals surface area contributed by atoms with Gasteiger partial charge in [0, 0.05) is 38.6 Å². The van der Waals surface area contributed by atoms with Gasteiger partial charge in [-0.2, -0.15) is 0 Å². The Morgan fingerprint density at radius 1 is 1.15 bits per heavy atom. The molecule has 1 aromatic rings.